The lowest BCUT2D eigenvalue weighted by Gasteiger charge is -2.32. The van der Waals surface area contributed by atoms with Crippen LogP contribution in [-0.4, -0.2) is 71.3 Å². The van der Waals surface area contributed by atoms with Crippen LogP contribution in [0.3, 0.4) is 0 Å². The summed E-state index contributed by atoms with van der Waals surface area (Å²) in [7, 11) is 0. The summed E-state index contributed by atoms with van der Waals surface area (Å²) in [6, 6.07) is -1.33. The zero-order valence-corrected chi connectivity index (χ0v) is 22.7. The average molecular weight is 586 g/mol. The predicted molar refractivity (Wildman–Crippen MR) is 144 cm³/mol. The Morgan fingerprint density at radius 1 is 1.12 bits per heavy atom. The summed E-state index contributed by atoms with van der Waals surface area (Å²) >= 11 is 0. The summed E-state index contributed by atoms with van der Waals surface area (Å²) in [6.07, 6.45) is 6.50. The molecule has 1 aliphatic carbocycles. The zero-order valence-electron chi connectivity index (χ0n) is 22.7. The molecular formula is C28H38F3N3O7. The second kappa shape index (κ2) is 14.6. The van der Waals surface area contributed by atoms with E-state index in [-0.39, 0.29) is 22.0 Å². The molecule has 1 saturated heterocycles. The van der Waals surface area contributed by atoms with Crippen LogP contribution in [0, 0.1) is 23.4 Å². The number of ether oxygens (including phenoxy) is 1. The molecule has 1 aliphatic heterocycles. The Labute approximate surface area is 238 Å². The van der Waals surface area contributed by atoms with Gasteiger partial charge in [-0.15, -0.1) is 0 Å². The van der Waals surface area contributed by atoms with Gasteiger partial charge in [0.25, 0.3) is 0 Å². The number of carbonyl (C=O) groups is 5. The van der Waals surface area contributed by atoms with Crippen molar-refractivity contribution in [1.29, 1.82) is 0 Å². The molecule has 1 saturated carbocycles. The number of rotatable bonds is 11. The number of likely N-dealkylation sites (tertiary alicyclic amines) is 1. The predicted octanol–water partition coefficient (Wildman–Crippen LogP) is 3.22. The molecule has 13 heteroatoms. The van der Waals surface area contributed by atoms with E-state index in [2.05, 4.69) is 10.6 Å². The van der Waals surface area contributed by atoms with Crippen LogP contribution in [0.4, 0.5) is 13.2 Å². The lowest BCUT2D eigenvalue weighted by atomic mass is 9.96. The van der Waals surface area contributed by atoms with Crippen LogP contribution in [0.1, 0.15) is 66.7 Å². The second-order valence-electron chi connectivity index (χ2n) is 10.2. The highest BCUT2D eigenvalue weighted by Crippen LogP contribution is 2.29. The SMILES string of the molecule is CC/C=C/c1c(F)cc(F)c(F)c1OCC(=O)[C@H](CC(=O)O)NC(=O)[C@@H]1CCCN(C(=O)C(=O)NC2CCCC2)C1.[HH].[HH]. The van der Waals surface area contributed by atoms with Crippen molar-refractivity contribution in [2.24, 2.45) is 5.92 Å². The van der Waals surface area contributed by atoms with Crippen LogP contribution in [-0.2, 0) is 24.0 Å². The molecule has 0 spiro atoms. The molecule has 2 atom stereocenters. The minimum Gasteiger partial charge on any atom is -0.482 e. The summed E-state index contributed by atoms with van der Waals surface area (Å²) in [4.78, 5) is 63.6. The largest absolute Gasteiger partial charge is 0.482 e. The van der Waals surface area contributed by atoms with E-state index >= 15 is 0 Å². The van der Waals surface area contributed by atoms with Crippen LogP contribution in [0.15, 0.2) is 12.1 Å². The van der Waals surface area contributed by atoms with Gasteiger partial charge in [0.05, 0.1) is 17.9 Å². The van der Waals surface area contributed by atoms with E-state index in [0.717, 1.165) is 31.8 Å². The van der Waals surface area contributed by atoms with Crippen molar-refractivity contribution < 1.29 is 49.8 Å². The second-order valence-corrected chi connectivity index (χ2v) is 10.2. The number of carboxylic acids is 1. The molecule has 1 heterocycles. The third kappa shape index (κ3) is 8.54. The number of ketones is 1. The van der Waals surface area contributed by atoms with E-state index < -0.39 is 83.2 Å². The van der Waals surface area contributed by atoms with Gasteiger partial charge in [0.15, 0.2) is 17.3 Å². The van der Waals surface area contributed by atoms with Crippen molar-refractivity contribution in [3.63, 3.8) is 0 Å². The minimum absolute atomic E-state index is 0. The Morgan fingerprint density at radius 2 is 1.83 bits per heavy atom. The van der Waals surface area contributed by atoms with Crippen molar-refractivity contribution in [1.82, 2.24) is 15.5 Å². The number of nitrogens with one attached hydrogen (secondary N) is 2. The van der Waals surface area contributed by atoms with Crippen molar-refractivity contribution in [3.05, 3.63) is 35.2 Å². The third-order valence-corrected chi connectivity index (χ3v) is 7.09. The number of benzene rings is 1. The first-order chi connectivity index (χ1) is 19.5. The maximum atomic E-state index is 14.4. The summed E-state index contributed by atoms with van der Waals surface area (Å²) in [5.74, 6) is -10.5. The molecule has 3 N–H and O–H groups in total. The summed E-state index contributed by atoms with van der Waals surface area (Å²) < 4.78 is 47.6. The van der Waals surface area contributed by atoms with Crippen LogP contribution < -0.4 is 15.4 Å². The molecule has 228 valence electrons. The van der Waals surface area contributed by atoms with Gasteiger partial charge in [-0.3, -0.25) is 24.0 Å². The number of allylic oxidation sites excluding steroid dienone is 1. The molecular weight excluding hydrogens is 547 g/mol. The van der Waals surface area contributed by atoms with Crippen LogP contribution >= 0.6 is 0 Å². The van der Waals surface area contributed by atoms with Gasteiger partial charge in [0.1, 0.15) is 18.5 Å². The van der Waals surface area contributed by atoms with Crippen LogP contribution in [0.2, 0.25) is 0 Å². The smallest absolute Gasteiger partial charge is 0.311 e. The van der Waals surface area contributed by atoms with Crippen LogP contribution in [0.5, 0.6) is 5.75 Å². The molecule has 1 aromatic rings. The van der Waals surface area contributed by atoms with Crippen molar-refractivity contribution in [2.45, 2.75) is 70.4 Å². The molecule has 0 aromatic heterocycles. The number of halogens is 3. The number of hydrogen-bond acceptors (Lipinski definition) is 6. The molecule has 0 bridgehead atoms. The van der Waals surface area contributed by atoms with E-state index in [1.165, 1.54) is 11.0 Å². The zero-order chi connectivity index (χ0) is 30.1. The van der Waals surface area contributed by atoms with E-state index in [1.54, 1.807) is 6.92 Å². The Morgan fingerprint density at radius 3 is 2.49 bits per heavy atom. The number of aliphatic carboxylic acids is 1. The number of hydrogen-bond donors (Lipinski definition) is 3. The standard InChI is InChI=1S/C28H34F3N3O7.2H2/c1-2-3-10-18-19(29)12-20(30)24(31)25(18)41-15-22(35)21(13-23(36)37)33-26(38)16-7-6-11-34(14-16)28(40)27(39)32-17-8-4-5-9-17;;/h3,10,12,16-17,21H,2,4-9,11,13-15H2,1H3,(H,32,39)(H,33,38)(H,36,37);2*1H/b10-3+;;/t16-,21+;;/m1../s1. The van der Waals surface area contributed by atoms with E-state index in [9.17, 15) is 42.3 Å². The fraction of sp³-hybridized carbons (Fsp3) is 0.536. The lowest BCUT2D eigenvalue weighted by molar-refractivity contribution is -0.148. The molecule has 3 amide bonds. The molecule has 10 nitrogen and oxygen atoms in total. The van der Waals surface area contributed by atoms with Gasteiger partial charge in [-0.2, -0.15) is 4.39 Å². The van der Waals surface area contributed by atoms with Gasteiger partial charge in [0.2, 0.25) is 11.7 Å². The quantitative estimate of drug-likeness (QED) is 0.267. The lowest BCUT2D eigenvalue weighted by Crippen LogP contribution is -2.53. The highest BCUT2D eigenvalue weighted by atomic mass is 19.2. The van der Waals surface area contributed by atoms with Gasteiger partial charge < -0.3 is 25.4 Å². The van der Waals surface area contributed by atoms with Crippen molar-refractivity contribution in [3.8, 4) is 5.75 Å². The highest BCUT2D eigenvalue weighted by molar-refractivity contribution is 6.35. The maximum absolute atomic E-state index is 14.4. The average Bonchev–Trinajstić information content (AvgIpc) is 3.45. The number of nitrogens with zero attached hydrogens (tertiary/aromatic N) is 1. The van der Waals surface area contributed by atoms with Gasteiger partial charge in [-0.1, -0.05) is 31.9 Å². The van der Waals surface area contributed by atoms with Gasteiger partial charge >= 0.3 is 17.8 Å². The molecule has 0 unspecified atom stereocenters. The van der Waals surface area contributed by atoms with Crippen molar-refractivity contribution in [2.75, 3.05) is 19.7 Å². The molecule has 2 aliphatic rings. The Bertz CT molecular complexity index is 1210. The number of amides is 3. The van der Waals surface area contributed by atoms with E-state index in [1.807, 2.05) is 0 Å². The van der Waals surface area contributed by atoms with E-state index in [4.69, 9.17) is 4.74 Å². The Hall–Kier alpha value is -3.90. The summed E-state index contributed by atoms with van der Waals surface area (Å²) in [5.41, 5.74) is -0.429. The normalized spacial score (nSPS) is 18.2. The Balaban J connectivity index is 0.00000462. The van der Waals surface area contributed by atoms with Gasteiger partial charge in [-0.25, -0.2) is 8.78 Å². The molecule has 3 rings (SSSR count). The number of Topliss-reactive ketones (excluding diaryl/α,β-unsaturated/α-hetero) is 1. The van der Waals surface area contributed by atoms with Gasteiger partial charge in [0, 0.05) is 28.1 Å². The fourth-order valence-electron chi connectivity index (χ4n) is 4.91. The van der Waals surface area contributed by atoms with Crippen LogP contribution in [0.25, 0.3) is 6.08 Å². The molecule has 1 aromatic carbocycles. The highest BCUT2D eigenvalue weighted by Gasteiger charge is 2.34. The van der Waals surface area contributed by atoms with E-state index in [0.29, 0.717) is 25.3 Å². The topological polar surface area (TPSA) is 142 Å². The monoisotopic (exact) mass is 585 g/mol. The summed E-state index contributed by atoms with van der Waals surface area (Å²) in [5, 5.41) is 14.3. The summed E-state index contributed by atoms with van der Waals surface area (Å²) in [6.45, 7) is 0.899. The number of carboxylic acid groups (broad SMARTS) is 1. The minimum atomic E-state index is -1.60. The first-order valence-corrected chi connectivity index (χ1v) is 13.6. The first kappa shape index (κ1) is 31.6. The fourth-order valence-corrected chi connectivity index (χ4v) is 4.91. The molecule has 41 heavy (non-hydrogen) atoms. The maximum Gasteiger partial charge on any atom is 0.311 e. The van der Waals surface area contributed by atoms with Gasteiger partial charge in [-0.05, 0) is 32.1 Å². The Kier molecular flexibility index (Phi) is 11.3. The number of piperidine rings is 1. The van der Waals surface area contributed by atoms with Crippen molar-refractivity contribution >= 4 is 35.6 Å². The number of carbonyl (C=O) groups excluding carboxylic acids is 4. The molecule has 0 radical (unpaired) electrons. The third-order valence-electron chi connectivity index (χ3n) is 7.09. The molecule has 2 fully saturated rings. The first-order valence-electron chi connectivity index (χ1n) is 13.6.